The van der Waals surface area contributed by atoms with Crippen LogP contribution in [0.3, 0.4) is 0 Å². The van der Waals surface area contributed by atoms with Gasteiger partial charge < -0.3 is 14.6 Å². The predicted molar refractivity (Wildman–Crippen MR) is 74.9 cm³/mol. The fourth-order valence-corrected chi connectivity index (χ4v) is 1.94. The molecule has 100 valence electrons. The van der Waals surface area contributed by atoms with Crippen LogP contribution in [0.5, 0.6) is 17.2 Å². The van der Waals surface area contributed by atoms with Gasteiger partial charge in [-0.2, -0.15) is 0 Å². The van der Waals surface area contributed by atoms with Gasteiger partial charge in [0.1, 0.15) is 17.2 Å². The third-order valence-electron chi connectivity index (χ3n) is 2.91. The van der Waals surface area contributed by atoms with E-state index < -0.39 is 6.10 Å². The van der Waals surface area contributed by atoms with Crippen LogP contribution in [0.2, 0.25) is 0 Å². The molecule has 0 heterocycles. The number of aliphatic hydroxyl groups excluding tert-OH is 1. The van der Waals surface area contributed by atoms with Gasteiger partial charge in [-0.3, -0.25) is 0 Å². The summed E-state index contributed by atoms with van der Waals surface area (Å²) in [5.74, 6) is 1.97. The molecule has 0 saturated carbocycles. The lowest BCUT2D eigenvalue weighted by Crippen LogP contribution is -2.00. The highest BCUT2D eigenvalue weighted by Gasteiger charge is 2.15. The molecule has 1 N–H and O–H groups in total. The highest BCUT2D eigenvalue weighted by molar-refractivity contribution is 5.48. The van der Waals surface area contributed by atoms with Crippen molar-refractivity contribution in [2.45, 2.75) is 20.0 Å². The van der Waals surface area contributed by atoms with E-state index in [2.05, 4.69) is 0 Å². The molecule has 0 amide bonds. The largest absolute Gasteiger partial charge is 0.496 e. The van der Waals surface area contributed by atoms with Gasteiger partial charge in [0.2, 0.25) is 0 Å². The summed E-state index contributed by atoms with van der Waals surface area (Å²) in [5, 5.41) is 9.88. The maximum Gasteiger partial charge on any atom is 0.136 e. The maximum atomic E-state index is 9.88. The van der Waals surface area contributed by atoms with E-state index in [0.29, 0.717) is 17.1 Å². The van der Waals surface area contributed by atoms with Crippen molar-refractivity contribution in [3.05, 3.63) is 53.6 Å². The lowest BCUT2D eigenvalue weighted by atomic mass is 10.1. The topological polar surface area (TPSA) is 38.7 Å². The number of aryl methyl sites for hydroxylation is 1. The average Bonchev–Trinajstić information content (AvgIpc) is 2.40. The molecule has 0 aliphatic rings. The van der Waals surface area contributed by atoms with Gasteiger partial charge in [0.05, 0.1) is 18.8 Å². The quantitative estimate of drug-likeness (QED) is 0.905. The second kappa shape index (κ2) is 5.76. The number of ether oxygens (including phenoxy) is 2. The average molecular weight is 258 g/mol. The van der Waals surface area contributed by atoms with Gasteiger partial charge in [0.15, 0.2) is 0 Å². The first-order valence-corrected chi connectivity index (χ1v) is 6.21. The Labute approximate surface area is 113 Å². The maximum absolute atomic E-state index is 9.88. The summed E-state index contributed by atoms with van der Waals surface area (Å²) < 4.78 is 11.1. The molecule has 0 unspecified atom stereocenters. The SMILES string of the molecule is COc1cccc(Oc2ccc(C)cc2)c1[C@H](C)O. The van der Waals surface area contributed by atoms with Crippen molar-refractivity contribution in [3.8, 4) is 17.2 Å². The van der Waals surface area contributed by atoms with E-state index in [9.17, 15) is 5.11 Å². The van der Waals surface area contributed by atoms with Gasteiger partial charge in [-0.05, 0) is 38.1 Å². The zero-order valence-corrected chi connectivity index (χ0v) is 11.4. The summed E-state index contributed by atoms with van der Waals surface area (Å²) in [6.07, 6.45) is -0.656. The van der Waals surface area contributed by atoms with Crippen molar-refractivity contribution in [2.75, 3.05) is 7.11 Å². The normalized spacial score (nSPS) is 12.0. The third-order valence-corrected chi connectivity index (χ3v) is 2.91. The van der Waals surface area contributed by atoms with E-state index in [1.165, 1.54) is 5.56 Å². The zero-order chi connectivity index (χ0) is 13.8. The van der Waals surface area contributed by atoms with Crippen LogP contribution in [0.25, 0.3) is 0 Å². The van der Waals surface area contributed by atoms with Crippen molar-refractivity contribution in [1.82, 2.24) is 0 Å². The van der Waals surface area contributed by atoms with Gasteiger partial charge in [-0.1, -0.05) is 23.8 Å². The minimum absolute atomic E-state index is 0.609. The van der Waals surface area contributed by atoms with Crippen molar-refractivity contribution in [2.24, 2.45) is 0 Å². The van der Waals surface area contributed by atoms with Crippen LogP contribution < -0.4 is 9.47 Å². The Morgan fingerprint density at radius 1 is 1.00 bits per heavy atom. The number of rotatable bonds is 4. The van der Waals surface area contributed by atoms with Gasteiger partial charge in [0, 0.05) is 0 Å². The molecule has 0 saturated heterocycles. The first-order chi connectivity index (χ1) is 9.11. The Balaban J connectivity index is 2.36. The number of benzene rings is 2. The molecule has 0 spiro atoms. The van der Waals surface area contributed by atoms with Crippen LogP contribution in [0.4, 0.5) is 0 Å². The molecule has 19 heavy (non-hydrogen) atoms. The van der Waals surface area contributed by atoms with Gasteiger partial charge in [0.25, 0.3) is 0 Å². The summed E-state index contributed by atoms with van der Waals surface area (Å²) in [4.78, 5) is 0. The van der Waals surface area contributed by atoms with Crippen molar-refractivity contribution in [3.63, 3.8) is 0 Å². The van der Waals surface area contributed by atoms with E-state index in [1.54, 1.807) is 14.0 Å². The Hall–Kier alpha value is -2.00. The summed E-state index contributed by atoms with van der Waals surface area (Å²) >= 11 is 0. The number of methoxy groups -OCH3 is 1. The minimum atomic E-state index is -0.656. The number of hydrogen-bond donors (Lipinski definition) is 1. The molecule has 0 radical (unpaired) electrons. The standard InChI is InChI=1S/C16H18O3/c1-11-7-9-13(10-8-11)19-15-6-4-5-14(18-3)16(15)12(2)17/h4-10,12,17H,1-3H3/t12-/m0/s1. The van der Waals surface area contributed by atoms with Crippen LogP contribution in [0.15, 0.2) is 42.5 Å². The van der Waals surface area contributed by atoms with Gasteiger partial charge >= 0.3 is 0 Å². The molecule has 0 fully saturated rings. The van der Waals surface area contributed by atoms with Crippen LogP contribution in [-0.2, 0) is 0 Å². The number of aliphatic hydroxyl groups is 1. The summed E-state index contributed by atoms with van der Waals surface area (Å²) in [6, 6.07) is 13.2. The molecule has 2 aromatic rings. The smallest absolute Gasteiger partial charge is 0.136 e. The Morgan fingerprint density at radius 2 is 1.63 bits per heavy atom. The molecule has 1 atom stereocenters. The molecule has 0 bridgehead atoms. The molecule has 2 rings (SSSR count). The molecule has 3 nitrogen and oxygen atoms in total. The van der Waals surface area contributed by atoms with Crippen molar-refractivity contribution < 1.29 is 14.6 Å². The van der Waals surface area contributed by atoms with Crippen LogP contribution in [-0.4, -0.2) is 12.2 Å². The molecular weight excluding hydrogens is 240 g/mol. The highest BCUT2D eigenvalue weighted by Crippen LogP contribution is 2.36. The summed E-state index contributed by atoms with van der Waals surface area (Å²) in [7, 11) is 1.58. The predicted octanol–water partition coefficient (Wildman–Crippen LogP) is 3.85. The van der Waals surface area contributed by atoms with Crippen LogP contribution in [0, 0.1) is 6.92 Å². The lowest BCUT2D eigenvalue weighted by molar-refractivity contribution is 0.190. The molecule has 0 aliphatic heterocycles. The highest BCUT2D eigenvalue weighted by atomic mass is 16.5. The summed E-state index contributed by atoms with van der Waals surface area (Å²) in [6.45, 7) is 3.72. The third kappa shape index (κ3) is 3.06. The summed E-state index contributed by atoms with van der Waals surface area (Å²) in [5.41, 5.74) is 1.83. The fraction of sp³-hybridized carbons (Fsp3) is 0.250. The first kappa shape index (κ1) is 13.4. The second-order valence-electron chi connectivity index (χ2n) is 4.46. The van der Waals surface area contributed by atoms with Crippen LogP contribution in [0.1, 0.15) is 24.2 Å². The Bertz CT molecular complexity index is 544. The Kier molecular flexibility index (Phi) is 4.07. The van der Waals surface area contributed by atoms with E-state index in [-0.39, 0.29) is 0 Å². The van der Waals surface area contributed by atoms with E-state index in [0.717, 1.165) is 5.75 Å². The van der Waals surface area contributed by atoms with E-state index in [1.807, 2.05) is 49.4 Å². The molecule has 3 heteroatoms. The second-order valence-corrected chi connectivity index (χ2v) is 4.46. The van der Waals surface area contributed by atoms with Gasteiger partial charge in [-0.25, -0.2) is 0 Å². The molecule has 0 aromatic heterocycles. The monoisotopic (exact) mass is 258 g/mol. The number of hydrogen-bond acceptors (Lipinski definition) is 3. The fourth-order valence-electron chi connectivity index (χ4n) is 1.94. The molecular formula is C16H18O3. The minimum Gasteiger partial charge on any atom is -0.496 e. The van der Waals surface area contributed by atoms with Crippen LogP contribution >= 0.6 is 0 Å². The first-order valence-electron chi connectivity index (χ1n) is 6.21. The zero-order valence-electron chi connectivity index (χ0n) is 11.4. The van der Waals surface area contributed by atoms with Gasteiger partial charge in [-0.15, -0.1) is 0 Å². The van der Waals surface area contributed by atoms with Crippen molar-refractivity contribution in [1.29, 1.82) is 0 Å². The lowest BCUT2D eigenvalue weighted by Gasteiger charge is -2.16. The van der Waals surface area contributed by atoms with E-state index >= 15 is 0 Å². The van der Waals surface area contributed by atoms with E-state index in [4.69, 9.17) is 9.47 Å². The van der Waals surface area contributed by atoms with Crippen molar-refractivity contribution >= 4 is 0 Å². The molecule has 2 aromatic carbocycles. The molecule has 0 aliphatic carbocycles. The Morgan fingerprint density at radius 3 is 2.21 bits per heavy atom.